The molecule has 0 radical (unpaired) electrons. The molecule has 0 aliphatic heterocycles. The van der Waals surface area contributed by atoms with Crippen molar-refractivity contribution in [3.63, 3.8) is 0 Å². The van der Waals surface area contributed by atoms with E-state index < -0.39 is 0 Å². The Labute approximate surface area is 105 Å². The second-order valence-corrected chi connectivity index (χ2v) is 4.66. The van der Waals surface area contributed by atoms with Crippen LogP contribution in [0.2, 0.25) is 0 Å². The third-order valence-corrected chi connectivity index (χ3v) is 3.63. The lowest BCUT2D eigenvalue weighted by Crippen LogP contribution is -2.10. The number of nitrogens with zero attached hydrogens (tertiary/aromatic N) is 3. The van der Waals surface area contributed by atoms with E-state index in [1.54, 1.807) is 6.20 Å². The third kappa shape index (κ3) is 1.84. The highest BCUT2D eigenvalue weighted by molar-refractivity contribution is 6.16. The van der Waals surface area contributed by atoms with Gasteiger partial charge in [-0.2, -0.15) is 0 Å². The van der Waals surface area contributed by atoms with Gasteiger partial charge in [-0.1, -0.05) is 17.3 Å². The largest absolute Gasteiger partial charge is 0.216 e. The van der Waals surface area contributed by atoms with Crippen LogP contribution >= 0.6 is 11.6 Å². The molecule has 2 aromatic rings. The predicted molar refractivity (Wildman–Crippen MR) is 67.6 cm³/mol. The summed E-state index contributed by atoms with van der Waals surface area (Å²) in [6, 6.07) is 6.42. The number of hydrogen-bond donors (Lipinski definition) is 0. The average Bonchev–Trinajstić information content (AvgIpc) is 2.86. The molecule has 0 amide bonds. The standard InChI is InChI=1S/C13H14ClN3/c14-8-11-9-15-16-17(11)13-7-3-5-10-4-1-2-6-12(10)13/h3,5,7,9H,1-2,4,6,8H2. The summed E-state index contributed by atoms with van der Waals surface area (Å²) in [5.41, 5.74) is 4.96. The minimum Gasteiger partial charge on any atom is -0.216 e. The molecular weight excluding hydrogens is 234 g/mol. The lowest BCUT2D eigenvalue weighted by molar-refractivity contribution is 0.671. The molecule has 1 aromatic heterocycles. The second-order valence-electron chi connectivity index (χ2n) is 4.39. The zero-order chi connectivity index (χ0) is 11.7. The smallest absolute Gasteiger partial charge is 0.0793 e. The normalized spacial score (nSPS) is 14.6. The van der Waals surface area contributed by atoms with E-state index in [0.29, 0.717) is 5.88 Å². The molecule has 0 saturated carbocycles. The summed E-state index contributed by atoms with van der Waals surface area (Å²) in [4.78, 5) is 0. The molecule has 4 heteroatoms. The zero-order valence-corrected chi connectivity index (χ0v) is 10.3. The Kier molecular flexibility index (Phi) is 2.85. The molecule has 0 N–H and O–H groups in total. The van der Waals surface area contributed by atoms with Gasteiger partial charge in [0.05, 0.1) is 23.5 Å². The number of fused-ring (bicyclic) bond motifs is 1. The van der Waals surface area contributed by atoms with E-state index in [1.807, 2.05) is 4.68 Å². The number of hydrogen-bond acceptors (Lipinski definition) is 2. The van der Waals surface area contributed by atoms with E-state index in [4.69, 9.17) is 11.6 Å². The molecule has 1 aliphatic carbocycles. The van der Waals surface area contributed by atoms with Gasteiger partial charge in [-0.3, -0.25) is 0 Å². The van der Waals surface area contributed by atoms with Gasteiger partial charge in [0.2, 0.25) is 0 Å². The maximum Gasteiger partial charge on any atom is 0.0793 e. The summed E-state index contributed by atoms with van der Waals surface area (Å²) in [7, 11) is 0. The van der Waals surface area contributed by atoms with E-state index >= 15 is 0 Å². The highest BCUT2D eigenvalue weighted by Gasteiger charge is 2.16. The Bertz CT molecular complexity index is 533. The van der Waals surface area contributed by atoms with E-state index in [9.17, 15) is 0 Å². The summed E-state index contributed by atoms with van der Waals surface area (Å²) in [6.07, 6.45) is 6.58. The van der Waals surface area contributed by atoms with Crippen molar-refractivity contribution in [2.75, 3.05) is 0 Å². The van der Waals surface area contributed by atoms with Gasteiger partial charge in [-0.05, 0) is 42.9 Å². The molecule has 3 nitrogen and oxygen atoms in total. The second kappa shape index (κ2) is 4.49. The van der Waals surface area contributed by atoms with Crippen LogP contribution in [0.25, 0.3) is 5.69 Å². The number of aryl methyl sites for hydroxylation is 1. The molecule has 0 atom stereocenters. The molecule has 1 aromatic carbocycles. The third-order valence-electron chi connectivity index (χ3n) is 3.36. The topological polar surface area (TPSA) is 30.7 Å². The molecule has 1 aliphatic rings. The summed E-state index contributed by atoms with van der Waals surface area (Å²) in [5, 5.41) is 8.09. The molecular formula is C13H14ClN3. The molecule has 0 bridgehead atoms. The fourth-order valence-electron chi connectivity index (χ4n) is 2.51. The van der Waals surface area contributed by atoms with Crippen molar-refractivity contribution in [1.29, 1.82) is 0 Å². The van der Waals surface area contributed by atoms with Gasteiger partial charge in [0.15, 0.2) is 0 Å². The first-order valence-corrected chi connectivity index (χ1v) is 6.50. The number of halogens is 1. The monoisotopic (exact) mass is 247 g/mol. The van der Waals surface area contributed by atoms with Crippen molar-refractivity contribution in [3.05, 3.63) is 41.2 Å². The number of rotatable bonds is 2. The van der Waals surface area contributed by atoms with Gasteiger partial charge < -0.3 is 0 Å². The van der Waals surface area contributed by atoms with Gasteiger partial charge in [-0.15, -0.1) is 16.7 Å². The van der Waals surface area contributed by atoms with Crippen molar-refractivity contribution in [3.8, 4) is 5.69 Å². The summed E-state index contributed by atoms with van der Waals surface area (Å²) >= 11 is 5.91. The summed E-state index contributed by atoms with van der Waals surface area (Å²) in [5.74, 6) is 0.441. The quantitative estimate of drug-likeness (QED) is 0.764. The molecule has 3 rings (SSSR count). The van der Waals surface area contributed by atoms with Crippen LogP contribution in [0.4, 0.5) is 0 Å². The molecule has 1 heterocycles. The predicted octanol–water partition coefficient (Wildman–Crippen LogP) is 2.88. The summed E-state index contributed by atoms with van der Waals surface area (Å²) in [6.45, 7) is 0. The van der Waals surface area contributed by atoms with Crippen LogP contribution in [0.15, 0.2) is 24.4 Å². The Morgan fingerprint density at radius 2 is 2.12 bits per heavy atom. The SMILES string of the molecule is ClCc1cnnn1-c1cccc2c1CCCC2. The molecule has 0 saturated heterocycles. The maximum absolute atomic E-state index is 5.91. The lowest BCUT2D eigenvalue weighted by Gasteiger charge is -2.19. The summed E-state index contributed by atoms with van der Waals surface area (Å²) < 4.78 is 1.87. The van der Waals surface area contributed by atoms with E-state index in [2.05, 4.69) is 28.5 Å². The highest BCUT2D eigenvalue weighted by atomic mass is 35.5. The van der Waals surface area contributed by atoms with Crippen molar-refractivity contribution >= 4 is 11.6 Å². The van der Waals surface area contributed by atoms with Crippen molar-refractivity contribution < 1.29 is 0 Å². The van der Waals surface area contributed by atoms with Crippen LogP contribution in [0.5, 0.6) is 0 Å². The maximum atomic E-state index is 5.91. The number of aromatic nitrogens is 3. The van der Waals surface area contributed by atoms with Crippen LogP contribution in [0, 0.1) is 0 Å². The molecule has 0 spiro atoms. The molecule has 88 valence electrons. The van der Waals surface area contributed by atoms with E-state index in [1.165, 1.54) is 30.4 Å². The van der Waals surface area contributed by atoms with Gasteiger partial charge in [-0.25, -0.2) is 4.68 Å². The first kappa shape index (κ1) is 10.8. The minimum absolute atomic E-state index is 0.441. The molecule has 17 heavy (non-hydrogen) atoms. The van der Waals surface area contributed by atoms with Gasteiger partial charge in [0.25, 0.3) is 0 Å². The highest BCUT2D eigenvalue weighted by Crippen LogP contribution is 2.27. The van der Waals surface area contributed by atoms with Gasteiger partial charge in [0.1, 0.15) is 0 Å². The van der Waals surface area contributed by atoms with Gasteiger partial charge >= 0.3 is 0 Å². The fourth-order valence-corrected chi connectivity index (χ4v) is 2.69. The Morgan fingerprint density at radius 3 is 3.00 bits per heavy atom. The lowest BCUT2D eigenvalue weighted by atomic mass is 9.90. The van der Waals surface area contributed by atoms with Crippen LogP contribution < -0.4 is 0 Å². The van der Waals surface area contributed by atoms with Crippen LogP contribution in [0.1, 0.15) is 29.7 Å². The first-order valence-electron chi connectivity index (χ1n) is 5.97. The average molecular weight is 248 g/mol. The van der Waals surface area contributed by atoms with Crippen LogP contribution in [-0.4, -0.2) is 15.0 Å². The Hall–Kier alpha value is -1.35. The van der Waals surface area contributed by atoms with Crippen molar-refractivity contribution in [1.82, 2.24) is 15.0 Å². The Balaban J connectivity index is 2.14. The minimum atomic E-state index is 0.441. The van der Waals surface area contributed by atoms with Crippen LogP contribution in [0.3, 0.4) is 0 Å². The van der Waals surface area contributed by atoms with Crippen molar-refractivity contribution in [2.45, 2.75) is 31.6 Å². The number of benzene rings is 1. The Morgan fingerprint density at radius 1 is 1.24 bits per heavy atom. The van der Waals surface area contributed by atoms with Crippen molar-refractivity contribution in [2.24, 2.45) is 0 Å². The molecule has 0 unspecified atom stereocenters. The molecule has 0 fully saturated rings. The fraction of sp³-hybridized carbons (Fsp3) is 0.385. The van der Waals surface area contributed by atoms with Gasteiger partial charge in [0, 0.05) is 0 Å². The first-order chi connectivity index (χ1) is 8.40. The zero-order valence-electron chi connectivity index (χ0n) is 9.56. The van der Waals surface area contributed by atoms with E-state index in [-0.39, 0.29) is 0 Å². The van der Waals surface area contributed by atoms with Crippen LogP contribution in [-0.2, 0) is 18.7 Å². The number of alkyl halides is 1. The van der Waals surface area contributed by atoms with E-state index in [0.717, 1.165) is 17.8 Å².